The van der Waals surface area contributed by atoms with Gasteiger partial charge >= 0.3 is 5.97 Å². The summed E-state index contributed by atoms with van der Waals surface area (Å²) in [6.07, 6.45) is 0. The Morgan fingerprint density at radius 1 is 1.69 bits per heavy atom. The van der Waals surface area contributed by atoms with Crippen LogP contribution in [-0.4, -0.2) is 44.7 Å². The fourth-order valence-corrected chi connectivity index (χ4v) is 2.61. The second-order valence-electron chi connectivity index (χ2n) is 3.45. The van der Waals surface area contributed by atoms with Crippen molar-refractivity contribution in [3.05, 3.63) is 17.5 Å². The Labute approximate surface area is 95.6 Å². The molecule has 0 spiro atoms. The summed E-state index contributed by atoms with van der Waals surface area (Å²) in [5.74, 6) is -0.0607. The van der Waals surface area contributed by atoms with Crippen LogP contribution in [0.15, 0.2) is 10.6 Å². The van der Waals surface area contributed by atoms with Gasteiger partial charge in [-0.25, -0.2) is 4.79 Å². The third-order valence-electron chi connectivity index (χ3n) is 2.28. The van der Waals surface area contributed by atoms with Crippen molar-refractivity contribution < 1.29 is 19.2 Å². The first-order valence-corrected chi connectivity index (χ1v) is 5.80. The molecule has 0 aromatic carbocycles. The van der Waals surface area contributed by atoms with Crippen LogP contribution in [0, 0.1) is 6.92 Å². The number of carbonyl (C=O) groups is 2. The molecule has 1 N–H and O–H groups in total. The van der Waals surface area contributed by atoms with Crippen LogP contribution in [0.3, 0.4) is 0 Å². The first-order chi connectivity index (χ1) is 7.59. The minimum atomic E-state index is -0.987. The third-order valence-corrected chi connectivity index (χ3v) is 3.29. The Bertz CT molecular complexity index is 431. The van der Waals surface area contributed by atoms with Gasteiger partial charge in [0.05, 0.1) is 5.88 Å². The molecule has 0 saturated carbocycles. The number of nitrogens with zero attached hydrogens (tertiary/aromatic N) is 2. The standard InChI is InChI=1S/C9H10N2O4S/c1-5-2-6(10-15-5)8(12)11-4-16-3-7(11)9(13)14/h2,7H,3-4H2,1H3,(H,13,14). The highest BCUT2D eigenvalue weighted by Gasteiger charge is 2.36. The number of carbonyl (C=O) groups excluding carboxylic acids is 1. The number of hydrogen-bond acceptors (Lipinski definition) is 5. The van der Waals surface area contributed by atoms with E-state index in [4.69, 9.17) is 9.63 Å². The van der Waals surface area contributed by atoms with Gasteiger partial charge in [0.25, 0.3) is 5.91 Å². The average Bonchev–Trinajstić information content (AvgIpc) is 2.84. The maximum Gasteiger partial charge on any atom is 0.327 e. The number of aryl methyl sites for hydroxylation is 1. The van der Waals surface area contributed by atoms with Gasteiger partial charge in [0.1, 0.15) is 11.8 Å². The molecule has 1 aliphatic rings. The first-order valence-electron chi connectivity index (χ1n) is 4.64. The summed E-state index contributed by atoms with van der Waals surface area (Å²) in [5.41, 5.74) is 0.159. The number of thioether (sulfide) groups is 1. The van der Waals surface area contributed by atoms with Gasteiger partial charge in [0.15, 0.2) is 5.69 Å². The Morgan fingerprint density at radius 2 is 2.44 bits per heavy atom. The molecular weight excluding hydrogens is 232 g/mol. The SMILES string of the molecule is Cc1cc(C(=O)N2CSCC2C(=O)O)no1. The van der Waals surface area contributed by atoms with Crippen molar-refractivity contribution in [3.63, 3.8) is 0 Å². The molecule has 1 unspecified atom stereocenters. The molecule has 7 heteroatoms. The van der Waals surface area contributed by atoms with Crippen molar-refractivity contribution in [1.82, 2.24) is 10.1 Å². The fraction of sp³-hybridized carbons (Fsp3) is 0.444. The maximum atomic E-state index is 11.9. The molecule has 1 aromatic rings. The number of aromatic nitrogens is 1. The highest BCUT2D eigenvalue weighted by molar-refractivity contribution is 7.99. The molecule has 6 nitrogen and oxygen atoms in total. The summed E-state index contributed by atoms with van der Waals surface area (Å²) < 4.78 is 4.79. The monoisotopic (exact) mass is 242 g/mol. The Kier molecular flexibility index (Phi) is 2.86. The minimum Gasteiger partial charge on any atom is -0.480 e. The summed E-state index contributed by atoms with van der Waals surface area (Å²) in [5, 5.41) is 12.5. The van der Waals surface area contributed by atoms with Gasteiger partial charge in [0, 0.05) is 11.8 Å². The highest BCUT2D eigenvalue weighted by atomic mass is 32.2. The third kappa shape index (κ3) is 1.90. The van der Waals surface area contributed by atoms with Gasteiger partial charge in [0.2, 0.25) is 0 Å². The molecule has 0 aliphatic carbocycles. The van der Waals surface area contributed by atoms with E-state index >= 15 is 0 Å². The summed E-state index contributed by atoms with van der Waals surface area (Å²) in [6, 6.07) is 0.735. The second-order valence-corrected chi connectivity index (χ2v) is 4.45. The van der Waals surface area contributed by atoms with Gasteiger partial charge in [-0.05, 0) is 6.92 Å². The molecule has 2 heterocycles. The van der Waals surface area contributed by atoms with Crippen molar-refractivity contribution in [2.45, 2.75) is 13.0 Å². The van der Waals surface area contributed by atoms with Gasteiger partial charge < -0.3 is 14.5 Å². The summed E-state index contributed by atoms with van der Waals surface area (Å²) in [6.45, 7) is 1.68. The Hall–Kier alpha value is -1.50. The first kappa shape index (κ1) is 11.0. The van der Waals surface area contributed by atoms with Crippen molar-refractivity contribution >= 4 is 23.6 Å². The molecule has 1 aromatic heterocycles. The smallest absolute Gasteiger partial charge is 0.327 e. The molecule has 2 rings (SSSR count). The Balaban J connectivity index is 2.18. The molecular formula is C9H10N2O4S. The van der Waals surface area contributed by atoms with Crippen molar-refractivity contribution in [2.75, 3.05) is 11.6 Å². The van der Waals surface area contributed by atoms with E-state index < -0.39 is 17.9 Å². The largest absolute Gasteiger partial charge is 0.480 e. The molecule has 1 saturated heterocycles. The molecule has 1 amide bonds. The lowest BCUT2D eigenvalue weighted by molar-refractivity contribution is -0.140. The van der Waals surface area contributed by atoms with Crippen LogP contribution >= 0.6 is 11.8 Å². The van der Waals surface area contributed by atoms with E-state index in [1.165, 1.54) is 22.7 Å². The molecule has 86 valence electrons. The van der Waals surface area contributed by atoms with Crippen LogP contribution in [-0.2, 0) is 4.79 Å². The van der Waals surface area contributed by atoms with Crippen LogP contribution < -0.4 is 0 Å². The van der Waals surface area contributed by atoms with Crippen LogP contribution in [0.2, 0.25) is 0 Å². The Morgan fingerprint density at radius 3 is 3.00 bits per heavy atom. The fourth-order valence-electron chi connectivity index (χ4n) is 1.46. The molecule has 1 aliphatic heterocycles. The lowest BCUT2D eigenvalue weighted by Crippen LogP contribution is -2.41. The topological polar surface area (TPSA) is 83.6 Å². The lowest BCUT2D eigenvalue weighted by Gasteiger charge is -2.18. The van der Waals surface area contributed by atoms with Gasteiger partial charge in [-0.2, -0.15) is 0 Å². The maximum absolute atomic E-state index is 11.9. The average molecular weight is 242 g/mol. The number of carboxylic acid groups (broad SMARTS) is 1. The predicted octanol–water partition coefficient (Wildman–Crippen LogP) is 0.583. The normalized spacial score (nSPS) is 20.1. The molecule has 16 heavy (non-hydrogen) atoms. The summed E-state index contributed by atoms with van der Waals surface area (Å²) >= 11 is 1.41. The molecule has 1 fully saturated rings. The molecule has 0 radical (unpaired) electrons. The zero-order chi connectivity index (χ0) is 11.7. The van der Waals surface area contributed by atoms with E-state index in [2.05, 4.69) is 5.16 Å². The number of rotatable bonds is 2. The van der Waals surface area contributed by atoms with E-state index in [1.54, 1.807) is 6.92 Å². The summed E-state index contributed by atoms with van der Waals surface area (Å²) in [7, 11) is 0. The van der Waals surface area contributed by atoms with Crippen LogP contribution in [0.25, 0.3) is 0 Å². The van der Waals surface area contributed by atoms with Crippen LogP contribution in [0.4, 0.5) is 0 Å². The van der Waals surface area contributed by atoms with E-state index in [0.717, 1.165) is 0 Å². The number of amides is 1. The number of aliphatic carboxylic acids is 1. The van der Waals surface area contributed by atoms with E-state index in [0.29, 0.717) is 17.4 Å². The van der Waals surface area contributed by atoms with E-state index in [9.17, 15) is 9.59 Å². The second kappa shape index (κ2) is 4.17. The minimum absolute atomic E-state index is 0.159. The van der Waals surface area contributed by atoms with Gasteiger partial charge in [-0.3, -0.25) is 4.79 Å². The molecule has 0 bridgehead atoms. The number of carboxylic acids is 1. The van der Waals surface area contributed by atoms with Crippen molar-refractivity contribution in [3.8, 4) is 0 Å². The predicted molar refractivity (Wildman–Crippen MR) is 56.2 cm³/mol. The van der Waals surface area contributed by atoms with Crippen molar-refractivity contribution in [2.24, 2.45) is 0 Å². The zero-order valence-corrected chi connectivity index (χ0v) is 9.36. The van der Waals surface area contributed by atoms with Crippen LogP contribution in [0.1, 0.15) is 16.2 Å². The van der Waals surface area contributed by atoms with Gasteiger partial charge in [-0.1, -0.05) is 5.16 Å². The zero-order valence-electron chi connectivity index (χ0n) is 8.54. The number of hydrogen-bond donors (Lipinski definition) is 1. The summed E-state index contributed by atoms with van der Waals surface area (Å²) in [4.78, 5) is 24.1. The lowest BCUT2D eigenvalue weighted by atomic mass is 10.2. The van der Waals surface area contributed by atoms with E-state index in [-0.39, 0.29) is 5.69 Å². The quantitative estimate of drug-likeness (QED) is 0.816. The highest BCUT2D eigenvalue weighted by Crippen LogP contribution is 2.23. The molecule has 1 atom stereocenters. The van der Waals surface area contributed by atoms with Gasteiger partial charge in [-0.15, -0.1) is 11.8 Å². The van der Waals surface area contributed by atoms with Crippen molar-refractivity contribution in [1.29, 1.82) is 0 Å². The van der Waals surface area contributed by atoms with Crippen LogP contribution in [0.5, 0.6) is 0 Å². The van der Waals surface area contributed by atoms with E-state index in [1.807, 2.05) is 0 Å².